The monoisotopic (exact) mass is 607 g/mol. The molecule has 0 saturated carbocycles. The number of alkyl halides is 2. The van der Waals surface area contributed by atoms with Crippen LogP contribution in [0.5, 0.6) is 0 Å². The number of aliphatic hydroxyl groups is 1. The first-order valence-electron chi connectivity index (χ1n) is 14.5. The second kappa shape index (κ2) is 12.1. The van der Waals surface area contributed by atoms with Gasteiger partial charge in [-0.3, -0.25) is 14.0 Å². The third kappa shape index (κ3) is 6.56. The molecule has 1 aromatic carbocycles. The molecule has 2 aliphatic rings. The maximum Gasteiger partial charge on any atom is 0.329 e. The Labute approximate surface area is 249 Å². The van der Waals surface area contributed by atoms with Crippen molar-refractivity contribution in [1.82, 2.24) is 24.0 Å². The van der Waals surface area contributed by atoms with Gasteiger partial charge in [0.1, 0.15) is 5.02 Å². The molecular weight excluding hydrogens is 568 g/mol. The van der Waals surface area contributed by atoms with Gasteiger partial charge in [0.15, 0.2) is 5.82 Å². The minimum atomic E-state index is -2.75. The number of fused-ring (bicyclic) bond motifs is 1. The summed E-state index contributed by atoms with van der Waals surface area (Å²) >= 11 is 6.45. The molecule has 230 valence electrons. The lowest BCUT2D eigenvalue weighted by Crippen LogP contribution is -2.52. The number of aryl methyl sites for hydroxylation is 1. The zero-order valence-electron chi connectivity index (χ0n) is 24.6. The SMILES string of the molecule is CC1CN(c2ncc(Cl)c(Nc3ccc4c(c3)n(CCC(C)(C)O)c(=O)n4CCN3CCOCC3)n2)C[C@H](C)C1(F)F. The number of morpholine rings is 1. The summed E-state index contributed by atoms with van der Waals surface area (Å²) in [4.78, 5) is 26.6. The Morgan fingerprint density at radius 1 is 1.10 bits per heavy atom. The van der Waals surface area contributed by atoms with Crippen LogP contribution in [0.15, 0.2) is 29.2 Å². The Morgan fingerprint density at radius 3 is 2.43 bits per heavy atom. The molecule has 2 fully saturated rings. The number of benzene rings is 1. The lowest BCUT2D eigenvalue weighted by Gasteiger charge is -2.41. The first-order chi connectivity index (χ1) is 19.8. The van der Waals surface area contributed by atoms with Gasteiger partial charge in [0.05, 0.1) is 36.0 Å². The first kappa shape index (κ1) is 30.7. The Morgan fingerprint density at radius 2 is 1.76 bits per heavy atom. The smallest absolute Gasteiger partial charge is 0.329 e. The minimum absolute atomic E-state index is 0.132. The average molecular weight is 608 g/mol. The van der Waals surface area contributed by atoms with E-state index in [0.29, 0.717) is 50.2 Å². The van der Waals surface area contributed by atoms with Crippen LogP contribution in [0.3, 0.4) is 0 Å². The maximum absolute atomic E-state index is 14.4. The maximum atomic E-state index is 14.4. The van der Waals surface area contributed by atoms with E-state index >= 15 is 0 Å². The van der Waals surface area contributed by atoms with E-state index in [-0.39, 0.29) is 23.8 Å². The van der Waals surface area contributed by atoms with Gasteiger partial charge >= 0.3 is 5.69 Å². The summed E-state index contributed by atoms with van der Waals surface area (Å²) in [6.07, 6.45) is 1.87. The van der Waals surface area contributed by atoms with Crippen LogP contribution in [0.1, 0.15) is 34.1 Å². The standard InChI is InChI=1S/C29H40ClF2N7O3/c1-19-17-37(18-20(2)29(19,31)32)26-33-16-22(30)25(35-26)34-21-5-6-23-24(15-21)38(8-7-28(3,4)41)27(40)39(23)10-9-36-11-13-42-14-12-36/h5-6,15-16,19-20,41H,7-14,17-18H2,1-4H3,(H,33,34,35)/t19-,20?/m0/s1. The van der Waals surface area contributed by atoms with Gasteiger partial charge in [-0.15, -0.1) is 0 Å². The summed E-state index contributed by atoms with van der Waals surface area (Å²) in [6, 6.07) is 5.62. The Bertz CT molecular complexity index is 1450. The highest BCUT2D eigenvalue weighted by molar-refractivity contribution is 6.32. The molecule has 2 aliphatic heterocycles. The number of aromatic nitrogens is 4. The van der Waals surface area contributed by atoms with E-state index in [1.54, 1.807) is 27.9 Å². The summed E-state index contributed by atoms with van der Waals surface area (Å²) in [5, 5.41) is 13.9. The number of rotatable bonds is 9. The van der Waals surface area contributed by atoms with Crippen molar-refractivity contribution in [3.8, 4) is 0 Å². The van der Waals surface area contributed by atoms with Crippen molar-refractivity contribution in [3.63, 3.8) is 0 Å². The van der Waals surface area contributed by atoms with Crippen LogP contribution in [-0.2, 0) is 17.8 Å². The van der Waals surface area contributed by atoms with Crippen LogP contribution >= 0.6 is 11.6 Å². The summed E-state index contributed by atoms with van der Waals surface area (Å²) in [5.41, 5.74) is 1.11. The molecule has 0 aliphatic carbocycles. The van der Waals surface area contributed by atoms with Crippen molar-refractivity contribution in [2.45, 2.75) is 58.7 Å². The van der Waals surface area contributed by atoms with Crippen LogP contribution in [0.25, 0.3) is 11.0 Å². The number of hydrogen-bond acceptors (Lipinski definition) is 8. The minimum Gasteiger partial charge on any atom is -0.390 e. The zero-order chi connectivity index (χ0) is 30.2. The zero-order valence-corrected chi connectivity index (χ0v) is 25.4. The lowest BCUT2D eigenvalue weighted by atomic mass is 9.87. The van der Waals surface area contributed by atoms with Gasteiger partial charge in [-0.25, -0.2) is 18.6 Å². The van der Waals surface area contributed by atoms with Crippen molar-refractivity contribution in [3.05, 3.63) is 39.9 Å². The Hall–Kier alpha value is -2.80. The lowest BCUT2D eigenvalue weighted by molar-refractivity contribution is -0.105. The van der Waals surface area contributed by atoms with E-state index in [0.717, 1.165) is 30.7 Å². The van der Waals surface area contributed by atoms with E-state index in [2.05, 4.69) is 20.2 Å². The molecule has 2 N–H and O–H groups in total. The van der Waals surface area contributed by atoms with Gasteiger partial charge < -0.3 is 20.1 Å². The highest BCUT2D eigenvalue weighted by atomic mass is 35.5. The van der Waals surface area contributed by atoms with Crippen molar-refractivity contribution in [2.75, 3.05) is 56.2 Å². The highest BCUT2D eigenvalue weighted by Gasteiger charge is 2.47. The number of nitrogens with one attached hydrogen (secondary N) is 1. The molecule has 0 amide bonds. The summed E-state index contributed by atoms with van der Waals surface area (Å²) in [5.74, 6) is -3.76. The van der Waals surface area contributed by atoms with E-state index in [9.17, 15) is 18.7 Å². The van der Waals surface area contributed by atoms with Gasteiger partial charge in [0, 0.05) is 63.3 Å². The molecule has 2 atom stereocenters. The number of halogens is 3. The number of imidazole rings is 1. The summed E-state index contributed by atoms with van der Waals surface area (Å²) in [6.45, 7) is 11.4. The topological polar surface area (TPSA) is 101 Å². The summed E-state index contributed by atoms with van der Waals surface area (Å²) in [7, 11) is 0. The van der Waals surface area contributed by atoms with Crippen LogP contribution in [0.4, 0.5) is 26.2 Å². The van der Waals surface area contributed by atoms with E-state index < -0.39 is 23.4 Å². The largest absolute Gasteiger partial charge is 0.390 e. The molecule has 0 spiro atoms. The predicted molar refractivity (Wildman–Crippen MR) is 160 cm³/mol. The first-order valence-corrected chi connectivity index (χ1v) is 14.9. The van der Waals surface area contributed by atoms with Crippen LogP contribution in [0, 0.1) is 11.8 Å². The van der Waals surface area contributed by atoms with Gasteiger partial charge in [0.25, 0.3) is 5.92 Å². The van der Waals surface area contributed by atoms with Crippen molar-refractivity contribution in [1.29, 1.82) is 0 Å². The predicted octanol–water partition coefficient (Wildman–Crippen LogP) is 4.21. The molecule has 3 aromatic rings. The van der Waals surface area contributed by atoms with Gasteiger partial charge in [-0.05, 0) is 38.5 Å². The fourth-order valence-electron chi connectivity index (χ4n) is 5.64. The molecule has 10 nitrogen and oxygen atoms in total. The molecule has 5 rings (SSSR count). The molecule has 0 radical (unpaired) electrons. The van der Waals surface area contributed by atoms with E-state index in [1.807, 2.05) is 18.2 Å². The molecular formula is C29H40ClF2N7O3. The number of hydrogen-bond donors (Lipinski definition) is 2. The van der Waals surface area contributed by atoms with Crippen molar-refractivity contribution < 1.29 is 18.6 Å². The number of piperidine rings is 1. The number of nitrogens with zero attached hydrogens (tertiary/aromatic N) is 6. The van der Waals surface area contributed by atoms with Gasteiger partial charge in [-0.1, -0.05) is 25.4 Å². The van der Waals surface area contributed by atoms with Crippen LogP contribution in [0.2, 0.25) is 5.02 Å². The second-order valence-corrected chi connectivity index (χ2v) is 12.6. The summed E-state index contributed by atoms with van der Waals surface area (Å²) < 4.78 is 37.8. The van der Waals surface area contributed by atoms with Crippen molar-refractivity contribution in [2.24, 2.45) is 11.8 Å². The molecule has 1 unspecified atom stereocenters. The highest BCUT2D eigenvalue weighted by Crippen LogP contribution is 2.39. The number of anilines is 3. The van der Waals surface area contributed by atoms with Crippen molar-refractivity contribution >= 4 is 40.1 Å². The molecule has 0 bridgehead atoms. The molecule has 2 aromatic heterocycles. The molecule has 42 heavy (non-hydrogen) atoms. The Kier molecular flexibility index (Phi) is 8.80. The molecule has 2 saturated heterocycles. The second-order valence-electron chi connectivity index (χ2n) is 12.2. The molecule has 4 heterocycles. The van der Waals surface area contributed by atoms with Gasteiger partial charge in [0.2, 0.25) is 5.95 Å². The average Bonchev–Trinajstić information content (AvgIpc) is 3.20. The normalized spacial score (nSPS) is 21.7. The van der Waals surface area contributed by atoms with E-state index in [1.165, 1.54) is 20.0 Å². The van der Waals surface area contributed by atoms with E-state index in [4.69, 9.17) is 16.3 Å². The fraction of sp³-hybridized carbons (Fsp3) is 0.621. The van der Waals surface area contributed by atoms with Crippen LogP contribution in [-0.4, -0.2) is 86.6 Å². The third-order valence-electron chi connectivity index (χ3n) is 8.29. The number of ether oxygens (including phenoxy) is 1. The Balaban J connectivity index is 1.43. The fourth-order valence-corrected chi connectivity index (χ4v) is 5.78. The molecule has 13 heteroatoms. The third-order valence-corrected chi connectivity index (χ3v) is 8.57. The van der Waals surface area contributed by atoms with Crippen LogP contribution < -0.4 is 15.9 Å². The quantitative estimate of drug-likeness (QED) is 0.373. The van der Waals surface area contributed by atoms with Gasteiger partial charge in [-0.2, -0.15) is 4.98 Å².